The van der Waals surface area contributed by atoms with E-state index in [4.69, 9.17) is 4.98 Å². The van der Waals surface area contributed by atoms with Crippen LogP contribution in [-0.4, -0.2) is 4.98 Å². The van der Waals surface area contributed by atoms with Gasteiger partial charge in [-0.3, -0.25) is 0 Å². The van der Waals surface area contributed by atoms with E-state index in [0.29, 0.717) is 0 Å². The van der Waals surface area contributed by atoms with Crippen molar-refractivity contribution in [2.45, 2.75) is 13.0 Å². The highest BCUT2D eigenvalue weighted by molar-refractivity contribution is 7.16. The maximum Gasteiger partial charge on any atom is 0.184 e. The summed E-state index contributed by atoms with van der Waals surface area (Å²) in [5.41, 5.74) is 4.67. The highest BCUT2D eigenvalue weighted by atomic mass is 32.1. The van der Waals surface area contributed by atoms with Crippen LogP contribution < -0.4 is 5.32 Å². The average molecular weight is 356 g/mol. The molecule has 0 saturated heterocycles. The van der Waals surface area contributed by atoms with Crippen LogP contribution in [-0.2, 0) is 0 Å². The molecule has 0 aliphatic heterocycles. The highest BCUT2D eigenvalue weighted by Crippen LogP contribution is 2.34. The van der Waals surface area contributed by atoms with Crippen molar-refractivity contribution in [3.05, 3.63) is 107 Å². The Kier molecular flexibility index (Phi) is 4.80. The van der Waals surface area contributed by atoms with E-state index < -0.39 is 0 Å². The van der Waals surface area contributed by atoms with E-state index in [-0.39, 0.29) is 6.04 Å². The largest absolute Gasteiger partial charge is 0.351 e. The molecule has 0 unspecified atom stereocenters. The molecule has 0 radical (unpaired) electrons. The van der Waals surface area contributed by atoms with Gasteiger partial charge >= 0.3 is 0 Å². The van der Waals surface area contributed by atoms with Crippen molar-refractivity contribution in [2.24, 2.45) is 0 Å². The first-order chi connectivity index (χ1) is 12.8. The predicted octanol–water partition coefficient (Wildman–Crippen LogP) is 6.32. The zero-order valence-electron chi connectivity index (χ0n) is 14.6. The third kappa shape index (κ3) is 3.53. The van der Waals surface area contributed by atoms with E-state index in [1.165, 1.54) is 16.0 Å². The van der Waals surface area contributed by atoms with Gasteiger partial charge in [0.05, 0.1) is 11.7 Å². The van der Waals surface area contributed by atoms with Crippen LogP contribution in [0.2, 0.25) is 0 Å². The molecule has 0 aliphatic carbocycles. The van der Waals surface area contributed by atoms with Crippen LogP contribution >= 0.6 is 11.3 Å². The van der Waals surface area contributed by atoms with Gasteiger partial charge in [0.15, 0.2) is 5.13 Å². The van der Waals surface area contributed by atoms with E-state index in [9.17, 15) is 0 Å². The second-order valence-corrected chi connectivity index (χ2v) is 7.39. The Hall–Kier alpha value is -2.91. The zero-order valence-corrected chi connectivity index (χ0v) is 15.4. The summed E-state index contributed by atoms with van der Waals surface area (Å²) in [5.74, 6) is 0. The Morgan fingerprint density at radius 1 is 0.731 bits per heavy atom. The van der Waals surface area contributed by atoms with Crippen LogP contribution in [0.15, 0.2) is 91.0 Å². The molecule has 0 bridgehead atoms. The molecular formula is C23H20N2S. The molecule has 4 rings (SSSR count). The number of nitrogens with zero attached hydrogens (tertiary/aromatic N) is 1. The van der Waals surface area contributed by atoms with Gasteiger partial charge < -0.3 is 5.32 Å². The van der Waals surface area contributed by atoms with Crippen LogP contribution in [0.5, 0.6) is 0 Å². The van der Waals surface area contributed by atoms with Crippen molar-refractivity contribution in [3.8, 4) is 11.3 Å². The van der Waals surface area contributed by atoms with Gasteiger partial charge in [0.2, 0.25) is 0 Å². The van der Waals surface area contributed by atoms with E-state index in [1.54, 1.807) is 11.3 Å². The minimum Gasteiger partial charge on any atom is -0.351 e. The molecule has 0 saturated carbocycles. The number of hydrogen-bond acceptors (Lipinski definition) is 3. The van der Waals surface area contributed by atoms with Gasteiger partial charge in [-0.1, -0.05) is 91.0 Å². The van der Waals surface area contributed by atoms with Crippen LogP contribution in [0.3, 0.4) is 0 Å². The Labute approximate surface area is 158 Å². The number of aromatic nitrogens is 1. The summed E-state index contributed by atoms with van der Waals surface area (Å²) in [6, 6.07) is 31.5. The van der Waals surface area contributed by atoms with Gasteiger partial charge in [0.1, 0.15) is 0 Å². The SMILES string of the molecule is Cc1sc(NC(c2ccccc2)c2ccccc2)nc1-c1ccccc1. The Morgan fingerprint density at radius 2 is 1.23 bits per heavy atom. The van der Waals surface area contributed by atoms with Crippen molar-refractivity contribution in [3.63, 3.8) is 0 Å². The highest BCUT2D eigenvalue weighted by Gasteiger charge is 2.17. The van der Waals surface area contributed by atoms with Gasteiger partial charge in [-0.25, -0.2) is 4.98 Å². The molecule has 4 aromatic rings. The fraction of sp³-hybridized carbons (Fsp3) is 0.0870. The van der Waals surface area contributed by atoms with Crippen molar-refractivity contribution >= 4 is 16.5 Å². The van der Waals surface area contributed by atoms with Crippen LogP contribution in [0.1, 0.15) is 22.0 Å². The lowest BCUT2D eigenvalue weighted by atomic mass is 9.99. The molecule has 26 heavy (non-hydrogen) atoms. The van der Waals surface area contributed by atoms with Gasteiger partial charge in [-0.05, 0) is 18.1 Å². The van der Waals surface area contributed by atoms with Gasteiger partial charge in [-0.15, -0.1) is 11.3 Å². The summed E-state index contributed by atoms with van der Waals surface area (Å²) < 4.78 is 0. The lowest BCUT2D eigenvalue weighted by Gasteiger charge is -2.19. The number of aryl methyl sites for hydroxylation is 1. The molecule has 0 spiro atoms. The molecule has 1 heterocycles. The first-order valence-electron chi connectivity index (χ1n) is 8.70. The van der Waals surface area contributed by atoms with Crippen LogP contribution in [0, 0.1) is 6.92 Å². The van der Waals surface area contributed by atoms with Crippen molar-refractivity contribution < 1.29 is 0 Å². The van der Waals surface area contributed by atoms with Crippen molar-refractivity contribution in [1.29, 1.82) is 0 Å². The van der Waals surface area contributed by atoms with Gasteiger partial charge in [0, 0.05) is 10.4 Å². The van der Waals surface area contributed by atoms with E-state index in [1.807, 2.05) is 18.2 Å². The monoisotopic (exact) mass is 356 g/mol. The van der Waals surface area contributed by atoms with Crippen molar-refractivity contribution in [1.82, 2.24) is 4.98 Å². The molecule has 3 heteroatoms. The Balaban J connectivity index is 1.69. The summed E-state index contributed by atoms with van der Waals surface area (Å²) in [5, 5.41) is 4.59. The maximum absolute atomic E-state index is 4.88. The molecule has 0 fully saturated rings. The fourth-order valence-electron chi connectivity index (χ4n) is 3.10. The fourth-order valence-corrected chi connectivity index (χ4v) is 3.96. The lowest BCUT2D eigenvalue weighted by Crippen LogP contribution is -2.12. The summed E-state index contributed by atoms with van der Waals surface area (Å²) in [6.07, 6.45) is 0. The minimum atomic E-state index is 0.0755. The summed E-state index contributed by atoms with van der Waals surface area (Å²) in [6.45, 7) is 2.13. The lowest BCUT2D eigenvalue weighted by molar-refractivity contribution is 0.935. The first-order valence-corrected chi connectivity index (χ1v) is 9.52. The molecule has 0 atom stereocenters. The molecule has 0 aliphatic rings. The maximum atomic E-state index is 4.88. The van der Waals surface area contributed by atoms with E-state index in [2.05, 4.69) is 85.0 Å². The Morgan fingerprint density at radius 3 is 1.77 bits per heavy atom. The van der Waals surface area contributed by atoms with Gasteiger partial charge in [0.25, 0.3) is 0 Å². The second-order valence-electron chi connectivity index (χ2n) is 6.19. The quantitative estimate of drug-likeness (QED) is 0.452. The smallest absolute Gasteiger partial charge is 0.184 e. The number of benzene rings is 3. The molecule has 2 nitrogen and oxygen atoms in total. The molecular weight excluding hydrogens is 336 g/mol. The standard InChI is InChI=1S/C23H20N2S/c1-17-21(18-11-5-2-6-12-18)24-23(26-17)25-22(19-13-7-3-8-14-19)20-15-9-4-10-16-20/h2-16,22H,1H3,(H,24,25). The molecule has 128 valence electrons. The molecule has 1 N–H and O–H groups in total. The number of hydrogen-bond donors (Lipinski definition) is 1. The molecule has 1 aromatic heterocycles. The van der Waals surface area contributed by atoms with Gasteiger partial charge in [-0.2, -0.15) is 0 Å². The van der Waals surface area contributed by atoms with E-state index in [0.717, 1.165) is 16.4 Å². The third-order valence-corrected chi connectivity index (χ3v) is 5.28. The number of thiazole rings is 1. The molecule has 3 aromatic carbocycles. The number of anilines is 1. The number of nitrogens with one attached hydrogen (secondary N) is 1. The summed E-state index contributed by atoms with van der Waals surface area (Å²) >= 11 is 1.70. The third-order valence-electron chi connectivity index (χ3n) is 4.38. The topological polar surface area (TPSA) is 24.9 Å². The Bertz CT molecular complexity index is 924. The number of rotatable bonds is 5. The normalized spacial score (nSPS) is 10.8. The predicted molar refractivity (Wildman–Crippen MR) is 111 cm³/mol. The second kappa shape index (κ2) is 7.54. The average Bonchev–Trinajstić information content (AvgIpc) is 3.08. The zero-order chi connectivity index (χ0) is 17.8. The van der Waals surface area contributed by atoms with E-state index >= 15 is 0 Å². The molecule has 0 amide bonds. The summed E-state index contributed by atoms with van der Waals surface area (Å²) in [4.78, 5) is 6.10. The summed E-state index contributed by atoms with van der Waals surface area (Å²) in [7, 11) is 0. The minimum absolute atomic E-state index is 0.0755. The first kappa shape index (κ1) is 16.6. The van der Waals surface area contributed by atoms with Crippen molar-refractivity contribution in [2.75, 3.05) is 5.32 Å². The van der Waals surface area contributed by atoms with Crippen LogP contribution in [0.4, 0.5) is 5.13 Å². The van der Waals surface area contributed by atoms with Crippen LogP contribution in [0.25, 0.3) is 11.3 Å².